The Morgan fingerprint density at radius 1 is 0.329 bits per heavy atom. The summed E-state index contributed by atoms with van der Waals surface area (Å²) in [6, 6.07) is 97.4. The van der Waals surface area contributed by atoms with Crippen LogP contribution in [0.1, 0.15) is 22.3 Å². The normalized spacial score (nSPS) is 12.9. The Morgan fingerprint density at radius 3 is 1.67 bits per heavy atom. The van der Waals surface area contributed by atoms with Crippen LogP contribution in [0.5, 0.6) is 0 Å². The van der Waals surface area contributed by atoms with Gasteiger partial charge in [-0.15, -0.1) is 0 Å². The van der Waals surface area contributed by atoms with Gasteiger partial charge < -0.3 is 14.2 Å². The Balaban J connectivity index is 0.998. The number of fused-ring (bicyclic) bond motifs is 12. The molecule has 2 heterocycles. The van der Waals surface area contributed by atoms with Crippen molar-refractivity contribution in [2.24, 2.45) is 0 Å². The third-order valence-electron chi connectivity index (χ3n) is 14.7. The van der Waals surface area contributed by atoms with Crippen LogP contribution in [0, 0.1) is 0 Å². The molecule has 2 aliphatic rings. The number of hydrogen-bond donors (Lipinski definition) is 0. The Morgan fingerprint density at radius 2 is 0.886 bits per heavy atom. The van der Waals surface area contributed by atoms with Crippen molar-refractivity contribution in [2.75, 3.05) is 9.80 Å². The minimum absolute atomic E-state index is 0.606. The summed E-state index contributed by atoms with van der Waals surface area (Å²) in [7, 11) is 0. The molecule has 0 atom stereocenters. The van der Waals surface area contributed by atoms with Crippen molar-refractivity contribution < 1.29 is 4.42 Å². The van der Waals surface area contributed by atoms with Gasteiger partial charge in [0.05, 0.1) is 22.5 Å². The molecule has 11 aromatic carbocycles. The lowest BCUT2D eigenvalue weighted by Gasteiger charge is -2.45. The molecule has 1 spiro atoms. The first-order valence-electron chi connectivity index (χ1n) is 24.1. The van der Waals surface area contributed by atoms with Crippen molar-refractivity contribution in [3.8, 4) is 44.5 Å². The Labute approximate surface area is 407 Å². The molecule has 70 heavy (non-hydrogen) atoms. The van der Waals surface area contributed by atoms with Gasteiger partial charge in [-0.3, -0.25) is 0 Å². The van der Waals surface area contributed by atoms with Gasteiger partial charge in [0.2, 0.25) is 0 Å². The van der Waals surface area contributed by atoms with E-state index in [1.165, 1.54) is 55.9 Å². The fourth-order valence-electron chi connectivity index (χ4n) is 11.7. The first-order valence-corrected chi connectivity index (χ1v) is 24.1. The molecule has 0 radical (unpaired) electrons. The van der Waals surface area contributed by atoms with E-state index < -0.39 is 5.41 Å². The molecule has 3 nitrogen and oxygen atoms in total. The SMILES string of the molecule is c1ccc(-c2cccc(-c3ccccc3N(c3ccc(-c4cccc5c4oc4ccccc45)cc3)c3ccc4c(c3)C3(c5ccccc5-4)c4ccccc4N(c4ccccc4)c4ccccc43)c2)cc1. The second kappa shape index (κ2) is 16.0. The van der Waals surface area contributed by atoms with E-state index >= 15 is 0 Å². The largest absolute Gasteiger partial charge is 0.455 e. The zero-order valence-electron chi connectivity index (χ0n) is 38.2. The molecule has 1 aliphatic carbocycles. The molecule has 14 rings (SSSR count). The molecule has 0 unspecified atom stereocenters. The van der Waals surface area contributed by atoms with Crippen molar-refractivity contribution in [3.05, 3.63) is 289 Å². The van der Waals surface area contributed by atoms with Crippen LogP contribution >= 0.6 is 0 Å². The smallest absolute Gasteiger partial charge is 0.143 e. The van der Waals surface area contributed by atoms with Gasteiger partial charge in [0, 0.05) is 39.0 Å². The maximum Gasteiger partial charge on any atom is 0.143 e. The number of nitrogens with zero attached hydrogens (tertiary/aromatic N) is 2. The Kier molecular flexibility index (Phi) is 9.11. The van der Waals surface area contributed by atoms with Gasteiger partial charge in [0.1, 0.15) is 11.2 Å². The first-order chi connectivity index (χ1) is 34.7. The van der Waals surface area contributed by atoms with Crippen LogP contribution < -0.4 is 9.80 Å². The summed E-state index contributed by atoms with van der Waals surface area (Å²) in [5, 5.41) is 2.25. The van der Waals surface area contributed by atoms with E-state index in [9.17, 15) is 0 Å². The molecule has 0 saturated heterocycles. The van der Waals surface area contributed by atoms with Crippen LogP contribution in [0.25, 0.3) is 66.4 Å². The number of benzene rings is 11. The molecular weight excluding hydrogens is 849 g/mol. The lowest BCUT2D eigenvalue weighted by molar-refractivity contribution is 0.670. The van der Waals surface area contributed by atoms with Gasteiger partial charge in [-0.25, -0.2) is 0 Å². The van der Waals surface area contributed by atoms with E-state index in [2.05, 4.69) is 271 Å². The van der Waals surface area contributed by atoms with Crippen LogP contribution in [0.15, 0.2) is 271 Å². The highest BCUT2D eigenvalue weighted by molar-refractivity contribution is 6.09. The summed E-state index contributed by atoms with van der Waals surface area (Å²) in [5.74, 6) is 0. The predicted octanol–water partition coefficient (Wildman–Crippen LogP) is 18.2. The average Bonchev–Trinajstić information content (AvgIpc) is 3.96. The summed E-state index contributed by atoms with van der Waals surface area (Å²) in [4.78, 5) is 4.91. The van der Waals surface area contributed by atoms with E-state index in [4.69, 9.17) is 4.42 Å². The van der Waals surface area contributed by atoms with Crippen molar-refractivity contribution >= 4 is 56.1 Å². The fourth-order valence-corrected chi connectivity index (χ4v) is 11.7. The fraction of sp³-hybridized carbons (Fsp3) is 0.0149. The van der Waals surface area contributed by atoms with Crippen molar-refractivity contribution in [1.29, 1.82) is 0 Å². The Bertz CT molecular complexity index is 3920. The molecule has 0 saturated carbocycles. The second-order valence-electron chi connectivity index (χ2n) is 18.4. The highest BCUT2D eigenvalue weighted by Crippen LogP contribution is 2.64. The molecule has 1 aromatic heterocycles. The lowest BCUT2D eigenvalue weighted by Crippen LogP contribution is -2.36. The van der Waals surface area contributed by atoms with Crippen LogP contribution in [0.2, 0.25) is 0 Å². The minimum atomic E-state index is -0.606. The van der Waals surface area contributed by atoms with Crippen molar-refractivity contribution in [2.45, 2.75) is 5.41 Å². The third-order valence-corrected chi connectivity index (χ3v) is 14.7. The molecule has 12 aromatic rings. The van der Waals surface area contributed by atoms with Crippen LogP contribution in [0.4, 0.5) is 34.1 Å². The lowest BCUT2D eigenvalue weighted by atomic mass is 9.64. The molecule has 328 valence electrons. The molecule has 3 heteroatoms. The van der Waals surface area contributed by atoms with E-state index in [1.807, 2.05) is 6.07 Å². The van der Waals surface area contributed by atoms with E-state index in [0.29, 0.717) is 0 Å². The van der Waals surface area contributed by atoms with Gasteiger partial charge in [-0.2, -0.15) is 0 Å². The summed E-state index contributed by atoms with van der Waals surface area (Å²) >= 11 is 0. The van der Waals surface area contributed by atoms with Crippen LogP contribution in [-0.4, -0.2) is 0 Å². The minimum Gasteiger partial charge on any atom is -0.455 e. The Hall–Kier alpha value is -9.18. The van der Waals surface area contributed by atoms with Crippen LogP contribution in [0.3, 0.4) is 0 Å². The van der Waals surface area contributed by atoms with Crippen LogP contribution in [-0.2, 0) is 5.41 Å². The molecule has 1 aliphatic heterocycles. The number of anilines is 6. The summed E-state index contributed by atoms with van der Waals surface area (Å²) in [6.07, 6.45) is 0. The quantitative estimate of drug-likeness (QED) is 0.159. The van der Waals surface area contributed by atoms with Crippen molar-refractivity contribution in [1.82, 2.24) is 0 Å². The third kappa shape index (κ3) is 6.01. The standard InChI is InChI=1S/C67H44N2O/c1-3-19-45(20-4-1)47-21-17-22-48(43-47)52-25-8-13-33-62(52)68(50-39-37-46(38-40-50)53-28-18-29-57-56-27-9-16-36-65(56)70-66(53)57)51-41-42-55-54-26-7-10-30-58(54)67(61(55)44-51)59-31-11-14-34-63(59)69(49-23-5-2-6-24-49)64-35-15-12-32-60(64)67/h1-44H. The van der Waals surface area contributed by atoms with Crippen molar-refractivity contribution in [3.63, 3.8) is 0 Å². The van der Waals surface area contributed by atoms with Gasteiger partial charge >= 0.3 is 0 Å². The number of hydrogen-bond acceptors (Lipinski definition) is 3. The van der Waals surface area contributed by atoms with Gasteiger partial charge in [0.25, 0.3) is 0 Å². The molecule has 0 N–H and O–H groups in total. The molecule has 0 bridgehead atoms. The zero-order valence-corrected chi connectivity index (χ0v) is 38.2. The summed E-state index contributed by atoms with van der Waals surface area (Å²) in [5.41, 5.74) is 22.3. The number of rotatable bonds is 7. The van der Waals surface area contributed by atoms with Gasteiger partial charge in [0.15, 0.2) is 0 Å². The highest BCUT2D eigenvalue weighted by atomic mass is 16.3. The molecule has 0 fully saturated rings. The van der Waals surface area contributed by atoms with Gasteiger partial charge in [-0.1, -0.05) is 200 Å². The maximum atomic E-state index is 6.55. The topological polar surface area (TPSA) is 19.6 Å². The van der Waals surface area contributed by atoms with E-state index in [-0.39, 0.29) is 0 Å². The second-order valence-corrected chi connectivity index (χ2v) is 18.4. The number of furan rings is 1. The monoisotopic (exact) mass is 892 g/mol. The predicted molar refractivity (Wildman–Crippen MR) is 290 cm³/mol. The van der Waals surface area contributed by atoms with Gasteiger partial charge in [-0.05, 0) is 122 Å². The molecular formula is C67H44N2O. The summed E-state index contributed by atoms with van der Waals surface area (Å²) in [6.45, 7) is 0. The first kappa shape index (κ1) is 39.9. The van der Waals surface area contributed by atoms with E-state index in [1.54, 1.807) is 0 Å². The molecule has 0 amide bonds. The maximum absolute atomic E-state index is 6.55. The zero-order chi connectivity index (χ0) is 46.2. The number of para-hydroxylation sites is 6. The van der Waals surface area contributed by atoms with E-state index in [0.717, 1.165) is 66.9 Å². The highest BCUT2D eigenvalue weighted by Gasteiger charge is 2.51. The average molecular weight is 893 g/mol. The summed E-state index contributed by atoms with van der Waals surface area (Å²) < 4.78 is 6.55.